The molecule has 1 saturated heterocycles. The van der Waals surface area contributed by atoms with Crippen LogP contribution in [0.1, 0.15) is 17.9 Å². The van der Waals surface area contributed by atoms with Gasteiger partial charge in [0.1, 0.15) is 0 Å². The molecular weight excluding hydrogens is 226 g/mol. The Morgan fingerprint density at radius 3 is 2.67 bits per heavy atom. The van der Waals surface area contributed by atoms with E-state index in [0.717, 1.165) is 32.7 Å². The summed E-state index contributed by atoms with van der Waals surface area (Å²) in [4.78, 5) is 6.75. The van der Waals surface area contributed by atoms with Gasteiger partial charge in [0.05, 0.1) is 19.3 Å². The van der Waals surface area contributed by atoms with Crippen LogP contribution in [-0.4, -0.2) is 43.2 Å². The second-order valence-corrected chi connectivity index (χ2v) is 4.91. The van der Waals surface area contributed by atoms with Crippen molar-refractivity contribution < 1.29 is 4.74 Å². The Morgan fingerprint density at radius 2 is 1.94 bits per heavy atom. The molecule has 1 aromatic carbocycles. The summed E-state index contributed by atoms with van der Waals surface area (Å²) in [6.45, 7) is 3.22. The van der Waals surface area contributed by atoms with E-state index in [0.29, 0.717) is 17.9 Å². The van der Waals surface area contributed by atoms with E-state index in [-0.39, 0.29) is 0 Å². The first-order valence-electron chi connectivity index (χ1n) is 6.55. The van der Waals surface area contributed by atoms with Gasteiger partial charge >= 0.3 is 0 Å². The third-order valence-electron chi connectivity index (χ3n) is 3.62. The van der Waals surface area contributed by atoms with E-state index in [9.17, 15) is 0 Å². The summed E-state index contributed by atoms with van der Waals surface area (Å²) in [5.74, 6) is 1.24. The maximum Gasteiger partial charge on any atom is 0.191 e. The highest BCUT2D eigenvalue weighted by Crippen LogP contribution is 2.43. The molecule has 2 atom stereocenters. The number of guanidine groups is 1. The Kier molecular flexibility index (Phi) is 3.19. The van der Waals surface area contributed by atoms with Crippen molar-refractivity contribution >= 4 is 5.96 Å². The van der Waals surface area contributed by atoms with Crippen LogP contribution in [0.2, 0.25) is 0 Å². The second kappa shape index (κ2) is 4.98. The fourth-order valence-corrected chi connectivity index (χ4v) is 2.43. The van der Waals surface area contributed by atoms with Gasteiger partial charge < -0.3 is 15.4 Å². The van der Waals surface area contributed by atoms with Crippen LogP contribution in [0, 0.1) is 0 Å². The summed E-state index contributed by atoms with van der Waals surface area (Å²) >= 11 is 0. The standard InChI is InChI=1S/C14H19N3O/c15-14(17-6-8-18-9-7-17)16-13-10-12(13)11-4-2-1-3-5-11/h1-5,12-13H,6-10H2,(H2,15,16). The van der Waals surface area contributed by atoms with Crippen LogP contribution in [0.3, 0.4) is 0 Å². The second-order valence-electron chi connectivity index (χ2n) is 4.91. The predicted molar refractivity (Wildman–Crippen MR) is 71.6 cm³/mol. The summed E-state index contributed by atoms with van der Waals surface area (Å²) in [7, 11) is 0. The van der Waals surface area contributed by atoms with Crippen molar-refractivity contribution in [3.05, 3.63) is 35.9 Å². The number of nitrogens with two attached hydrogens (primary N) is 1. The zero-order valence-corrected chi connectivity index (χ0v) is 10.5. The number of nitrogens with zero attached hydrogens (tertiary/aromatic N) is 2. The highest BCUT2D eigenvalue weighted by atomic mass is 16.5. The number of morpholine rings is 1. The van der Waals surface area contributed by atoms with E-state index >= 15 is 0 Å². The van der Waals surface area contributed by atoms with Gasteiger partial charge in [-0.1, -0.05) is 30.3 Å². The van der Waals surface area contributed by atoms with Gasteiger partial charge in [0, 0.05) is 19.0 Å². The van der Waals surface area contributed by atoms with E-state index < -0.39 is 0 Å². The smallest absolute Gasteiger partial charge is 0.191 e. The lowest BCUT2D eigenvalue weighted by Gasteiger charge is -2.27. The molecule has 0 bridgehead atoms. The molecule has 1 aliphatic carbocycles. The van der Waals surface area contributed by atoms with E-state index in [4.69, 9.17) is 10.5 Å². The summed E-state index contributed by atoms with van der Waals surface area (Å²) in [6, 6.07) is 10.9. The number of benzene rings is 1. The Labute approximate surface area is 107 Å². The van der Waals surface area contributed by atoms with Crippen molar-refractivity contribution in [2.75, 3.05) is 26.3 Å². The Morgan fingerprint density at radius 1 is 1.22 bits per heavy atom. The number of hydrogen-bond acceptors (Lipinski definition) is 2. The third kappa shape index (κ3) is 2.48. The van der Waals surface area contributed by atoms with E-state index in [1.807, 2.05) is 6.07 Å². The molecule has 2 aliphatic rings. The average molecular weight is 245 g/mol. The van der Waals surface area contributed by atoms with Crippen LogP contribution >= 0.6 is 0 Å². The highest BCUT2D eigenvalue weighted by molar-refractivity contribution is 5.78. The SMILES string of the molecule is NC(=NC1CC1c1ccccc1)N1CCOCC1. The highest BCUT2D eigenvalue weighted by Gasteiger charge is 2.38. The molecule has 1 saturated carbocycles. The van der Waals surface area contributed by atoms with Crippen LogP contribution in [0.15, 0.2) is 35.3 Å². The molecule has 4 heteroatoms. The lowest BCUT2D eigenvalue weighted by Crippen LogP contribution is -2.45. The summed E-state index contributed by atoms with van der Waals surface area (Å²) in [5, 5.41) is 0. The largest absolute Gasteiger partial charge is 0.378 e. The first-order chi connectivity index (χ1) is 8.84. The topological polar surface area (TPSA) is 50.8 Å². The van der Waals surface area contributed by atoms with Crippen molar-refractivity contribution in [1.29, 1.82) is 0 Å². The molecule has 2 unspecified atom stereocenters. The molecule has 0 amide bonds. The van der Waals surface area contributed by atoms with Crippen LogP contribution < -0.4 is 5.73 Å². The molecule has 2 fully saturated rings. The van der Waals surface area contributed by atoms with Gasteiger partial charge in [-0.15, -0.1) is 0 Å². The molecule has 1 heterocycles. The van der Waals surface area contributed by atoms with Crippen LogP contribution in [0.4, 0.5) is 0 Å². The van der Waals surface area contributed by atoms with E-state index in [2.05, 4.69) is 34.2 Å². The normalized spacial score (nSPS) is 28.2. The summed E-state index contributed by atoms with van der Waals surface area (Å²) < 4.78 is 5.31. The number of hydrogen-bond donors (Lipinski definition) is 1. The first kappa shape index (κ1) is 11.5. The minimum atomic E-state index is 0.371. The van der Waals surface area contributed by atoms with Gasteiger partial charge in [-0.2, -0.15) is 0 Å². The first-order valence-corrected chi connectivity index (χ1v) is 6.55. The lowest BCUT2D eigenvalue weighted by molar-refractivity contribution is 0.0674. The maximum absolute atomic E-state index is 6.05. The Balaban J connectivity index is 1.61. The minimum Gasteiger partial charge on any atom is -0.378 e. The number of rotatable bonds is 2. The van der Waals surface area contributed by atoms with Crippen molar-refractivity contribution in [1.82, 2.24) is 4.90 Å². The molecule has 0 spiro atoms. The molecule has 0 radical (unpaired) electrons. The molecule has 2 N–H and O–H groups in total. The molecular formula is C14H19N3O. The van der Waals surface area contributed by atoms with Crippen molar-refractivity contribution in [2.24, 2.45) is 10.7 Å². The fourth-order valence-electron chi connectivity index (χ4n) is 2.43. The van der Waals surface area contributed by atoms with Gasteiger partial charge in [0.25, 0.3) is 0 Å². The van der Waals surface area contributed by atoms with Crippen LogP contribution in [-0.2, 0) is 4.74 Å². The molecule has 0 aromatic heterocycles. The minimum absolute atomic E-state index is 0.371. The summed E-state index contributed by atoms with van der Waals surface area (Å²) in [5.41, 5.74) is 7.43. The zero-order chi connectivity index (χ0) is 12.4. The van der Waals surface area contributed by atoms with Crippen molar-refractivity contribution in [2.45, 2.75) is 18.4 Å². The maximum atomic E-state index is 6.05. The fraction of sp³-hybridized carbons (Fsp3) is 0.500. The quantitative estimate of drug-likeness (QED) is 0.629. The molecule has 96 valence electrons. The zero-order valence-electron chi connectivity index (χ0n) is 10.5. The molecule has 18 heavy (non-hydrogen) atoms. The monoisotopic (exact) mass is 245 g/mol. The van der Waals surface area contributed by atoms with Gasteiger partial charge in [0.15, 0.2) is 5.96 Å². The number of ether oxygens (including phenoxy) is 1. The van der Waals surface area contributed by atoms with E-state index in [1.165, 1.54) is 5.56 Å². The van der Waals surface area contributed by atoms with E-state index in [1.54, 1.807) is 0 Å². The average Bonchev–Trinajstić information content (AvgIpc) is 3.20. The predicted octanol–water partition coefficient (Wildman–Crippen LogP) is 1.19. The van der Waals surface area contributed by atoms with Crippen LogP contribution in [0.5, 0.6) is 0 Å². The Bertz CT molecular complexity index is 426. The molecule has 1 aromatic rings. The van der Waals surface area contributed by atoms with Gasteiger partial charge in [0.2, 0.25) is 0 Å². The van der Waals surface area contributed by atoms with Gasteiger partial charge in [-0.25, -0.2) is 4.99 Å². The Hall–Kier alpha value is -1.55. The van der Waals surface area contributed by atoms with Crippen molar-refractivity contribution in [3.8, 4) is 0 Å². The summed E-state index contributed by atoms with van der Waals surface area (Å²) in [6.07, 6.45) is 1.12. The lowest BCUT2D eigenvalue weighted by atomic mass is 10.1. The third-order valence-corrected chi connectivity index (χ3v) is 3.62. The van der Waals surface area contributed by atoms with Crippen molar-refractivity contribution in [3.63, 3.8) is 0 Å². The number of aliphatic imine (C=N–C) groups is 1. The van der Waals surface area contributed by atoms with Gasteiger partial charge in [-0.05, 0) is 12.0 Å². The molecule has 3 rings (SSSR count). The molecule has 1 aliphatic heterocycles. The van der Waals surface area contributed by atoms with Crippen LogP contribution in [0.25, 0.3) is 0 Å². The molecule has 4 nitrogen and oxygen atoms in total. The van der Waals surface area contributed by atoms with Gasteiger partial charge in [-0.3, -0.25) is 0 Å².